The molecule has 1 aliphatic heterocycles. The second-order valence-electron chi connectivity index (χ2n) is 17.2. The number of hydrogen-bond donors (Lipinski definition) is 0. The van der Waals surface area contributed by atoms with Gasteiger partial charge in [-0.2, -0.15) is 0 Å². The van der Waals surface area contributed by atoms with Gasteiger partial charge >= 0.3 is 0 Å². The molecule has 4 heteroatoms. The summed E-state index contributed by atoms with van der Waals surface area (Å²) in [5.74, 6) is 1.65. The van der Waals surface area contributed by atoms with E-state index in [0.29, 0.717) is 11.8 Å². The normalized spacial score (nSPS) is 22.1. The van der Waals surface area contributed by atoms with Crippen LogP contribution in [0.5, 0.6) is 0 Å². The molecule has 0 bridgehead atoms. The molecule has 0 N–H and O–H groups in total. The third-order valence-corrected chi connectivity index (χ3v) is 13.7. The van der Waals surface area contributed by atoms with Gasteiger partial charge in [0, 0.05) is 28.8 Å². The van der Waals surface area contributed by atoms with Gasteiger partial charge in [-0.25, -0.2) is 4.99 Å². The quantitative estimate of drug-likeness (QED) is 0.174. The van der Waals surface area contributed by atoms with Crippen LogP contribution in [-0.2, 0) is 5.41 Å². The van der Waals surface area contributed by atoms with Gasteiger partial charge in [-0.15, -0.1) is 0 Å². The first kappa shape index (κ1) is 35.1. The Morgan fingerprint density at radius 3 is 2.27 bits per heavy atom. The van der Waals surface area contributed by atoms with E-state index in [9.17, 15) is 0 Å². The van der Waals surface area contributed by atoms with E-state index in [1.807, 2.05) is 0 Å². The van der Waals surface area contributed by atoms with E-state index in [-0.39, 0.29) is 0 Å². The second kappa shape index (κ2) is 13.3. The summed E-state index contributed by atoms with van der Waals surface area (Å²) in [5, 5.41) is 3.54. The zero-order valence-corrected chi connectivity index (χ0v) is 34.1. The molecule has 0 amide bonds. The Morgan fingerprint density at radius 1 is 0.700 bits per heavy atom. The number of anilines is 1. The molecule has 0 saturated carbocycles. The minimum absolute atomic E-state index is 0.389. The number of aromatic nitrogens is 1. The summed E-state index contributed by atoms with van der Waals surface area (Å²) < 4.78 is 9.30. The smallest absolute Gasteiger partial charge is 0.204 e. The molecular weight excluding hydrogens is 731 g/mol. The summed E-state index contributed by atoms with van der Waals surface area (Å²) in [6, 6.07) is 55.7. The van der Waals surface area contributed by atoms with Crippen LogP contribution < -0.4 is 4.90 Å². The van der Waals surface area contributed by atoms with Gasteiger partial charge in [0.2, 0.25) is 6.29 Å². The largest absolute Gasteiger partial charge is 0.452 e. The fourth-order valence-corrected chi connectivity index (χ4v) is 11.0. The highest BCUT2D eigenvalue weighted by Crippen LogP contribution is 2.58. The van der Waals surface area contributed by atoms with Crippen molar-refractivity contribution in [2.24, 2.45) is 16.8 Å². The maximum atomic E-state index is 6.81. The highest BCUT2D eigenvalue weighted by atomic mass is 16.3. The third-order valence-electron chi connectivity index (χ3n) is 13.7. The molecule has 8 aromatic rings. The molecule has 4 unspecified atom stereocenters. The predicted molar refractivity (Wildman–Crippen MR) is 249 cm³/mol. The van der Waals surface area contributed by atoms with Crippen molar-refractivity contribution >= 4 is 55.3 Å². The summed E-state index contributed by atoms with van der Waals surface area (Å²) in [7, 11) is 2.18. The Kier molecular flexibility index (Phi) is 7.78. The second-order valence-corrected chi connectivity index (χ2v) is 17.2. The van der Waals surface area contributed by atoms with Gasteiger partial charge < -0.3 is 13.9 Å². The molecule has 290 valence electrons. The highest BCUT2D eigenvalue weighted by molar-refractivity contribution is 6.21. The minimum atomic E-state index is -0.454. The topological polar surface area (TPSA) is 33.7 Å². The van der Waals surface area contributed by atoms with Gasteiger partial charge in [0.05, 0.1) is 22.1 Å². The van der Waals surface area contributed by atoms with Crippen molar-refractivity contribution in [3.8, 4) is 0 Å². The Hall–Kier alpha value is -6.91. The van der Waals surface area contributed by atoms with Gasteiger partial charge in [0.15, 0.2) is 5.76 Å². The van der Waals surface area contributed by atoms with Crippen LogP contribution in [0.3, 0.4) is 0 Å². The Labute approximate surface area is 350 Å². The molecule has 6 aromatic carbocycles. The molecule has 0 fully saturated rings. The van der Waals surface area contributed by atoms with Crippen molar-refractivity contribution in [2.45, 2.75) is 38.4 Å². The summed E-state index contributed by atoms with van der Waals surface area (Å²) in [4.78, 5) is 8.15. The fourth-order valence-electron chi connectivity index (χ4n) is 11.0. The third kappa shape index (κ3) is 4.94. The fraction of sp³-hybridized carbons (Fsp3) is 0.161. The molecule has 4 atom stereocenters. The number of aliphatic imine (C=N–C) groups is 1. The van der Waals surface area contributed by atoms with E-state index in [2.05, 4.69) is 206 Å². The van der Waals surface area contributed by atoms with Gasteiger partial charge in [-0.3, -0.25) is 0 Å². The molecule has 0 radical (unpaired) electrons. The molecule has 12 rings (SSSR count). The molecule has 4 aliphatic rings. The average molecular weight is 776 g/mol. The van der Waals surface area contributed by atoms with Crippen LogP contribution in [0.4, 0.5) is 5.69 Å². The number of allylic oxidation sites excluding steroid dienone is 8. The molecule has 2 aromatic heterocycles. The van der Waals surface area contributed by atoms with Crippen molar-refractivity contribution in [1.82, 2.24) is 4.57 Å². The summed E-state index contributed by atoms with van der Waals surface area (Å²) in [6.07, 6.45) is 11.0. The minimum Gasteiger partial charge on any atom is -0.452 e. The number of furan rings is 1. The lowest BCUT2D eigenvalue weighted by Gasteiger charge is -2.38. The lowest BCUT2D eigenvalue weighted by Crippen LogP contribution is -2.34. The van der Waals surface area contributed by atoms with E-state index in [1.54, 1.807) is 0 Å². The lowest BCUT2D eigenvalue weighted by atomic mass is 9.64. The SMILES string of the molecule is CC1C=CC2=C(C1)C(c1ccccc1)(c1ccc3c4ccccc4n(C4N=C(C5=CCC(C)C(c6ccccc6)=C5)c5oc6ccccc6c5N4C)c3c1)c1ccccc12. The van der Waals surface area contributed by atoms with Crippen LogP contribution in [0.1, 0.15) is 66.6 Å². The van der Waals surface area contributed by atoms with Gasteiger partial charge in [-0.1, -0.05) is 159 Å². The maximum absolute atomic E-state index is 6.81. The van der Waals surface area contributed by atoms with E-state index in [1.165, 1.54) is 55.3 Å². The Morgan fingerprint density at radius 2 is 1.42 bits per heavy atom. The van der Waals surface area contributed by atoms with Crippen LogP contribution in [0.15, 0.2) is 197 Å². The first-order chi connectivity index (χ1) is 29.5. The number of nitrogens with zero attached hydrogens (tertiary/aromatic N) is 3. The van der Waals surface area contributed by atoms with E-state index < -0.39 is 11.7 Å². The van der Waals surface area contributed by atoms with Crippen molar-refractivity contribution < 1.29 is 4.42 Å². The Bertz CT molecular complexity index is 3210. The van der Waals surface area contributed by atoms with Crippen molar-refractivity contribution in [2.75, 3.05) is 11.9 Å². The molecule has 3 heterocycles. The summed E-state index contributed by atoms with van der Waals surface area (Å²) in [5.41, 5.74) is 16.5. The summed E-state index contributed by atoms with van der Waals surface area (Å²) >= 11 is 0. The predicted octanol–water partition coefficient (Wildman–Crippen LogP) is 13.7. The van der Waals surface area contributed by atoms with Crippen molar-refractivity contribution in [1.29, 1.82) is 0 Å². The molecule has 0 spiro atoms. The van der Waals surface area contributed by atoms with E-state index >= 15 is 0 Å². The lowest BCUT2D eigenvalue weighted by molar-refractivity contribution is 0.522. The molecular formula is C56H45N3O. The van der Waals surface area contributed by atoms with Crippen LogP contribution in [0.2, 0.25) is 0 Å². The summed E-state index contributed by atoms with van der Waals surface area (Å²) in [6.45, 7) is 4.67. The first-order valence-electron chi connectivity index (χ1n) is 21.4. The molecule has 0 saturated heterocycles. The van der Waals surface area contributed by atoms with Crippen LogP contribution in [0, 0.1) is 11.8 Å². The van der Waals surface area contributed by atoms with Gasteiger partial charge in [0.1, 0.15) is 11.3 Å². The number of para-hydroxylation sites is 2. The zero-order chi connectivity index (χ0) is 40.1. The molecule has 3 aliphatic carbocycles. The standard InChI is InChI=1S/C56H45N3O/c1-35-26-30-42-41-20-10-13-23-47(41)56(48(42)32-35,39-18-8-5-9-19-39)40-29-31-44-43-21-11-14-24-49(43)59(50(44)34-40)55-57-52(54-53(58(55)3)45-22-12-15-25-51(45)60-54)38-28-27-36(2)46(33-38)37-16-6-4-7-17-37/h4-26,28-31,33-36,55H,27,32H2,1-3H3. The average Bonchev–Trinajstić information content (AvgIpc) is 3.94. The highest BCUT2D eigenvalue weighted by Gasteiger charge is 2.48. The van der Waals surface area contributed by atoms with Crippen molar-refractivity contribution in [3.05, 3.63) is 221 Å². The van der Waals surface area contributed by atoms with Crippen LogP contribution in [0.25, 0.3) is 43.9 Å². The van der Waals surface area contributed by atoms with Crippen molar-refractivity contribution in [3.63, 3.8) is 0 Å². The molecule has 4 nitrogen and oxygen atoms in total. The monoisotopic (exact) mass is 775 g/mol. The number of benzene rings is 6. The number of rotatable bonds is 5. The number of hydrogen-bond acceptors (Lipinski definition) is 3. The zero-order valence-electron chi connectivity index (χ0n) is 34.1. The van der Waals surface area contributed by atoms with Gasteiger partial charge in [0.25, 0.3) is 0 Å². The van der Waals surface area contributed by atoms with Crippen LogP contribution in [-0.4, -0.2) is 17.3 Å². The first-order valence-corrected chi connectivity index (χ1v) is 21.4. The Balaban J connectivity index is 1.13. The maximum Gasteiger partial charge on any atom is 0.204 e. The van der Waals surface area contributed by atoms with E-state index in [4.69, 9.17) is 9.41 Å². The van der Waals surface area contributed by atoms with Crippen LogP contribution >= 0.6 is 0 Å². The van der Waals surface area contributed by atoms with E-state index in [0.717, 1.165) is 57.6 Å². The van der Waals surface area contributed by atoms with Gasteiger partial charge in [-0.05, 0) is 99.6 Å². The number of fused-ring (bicyclic) bond motifs is 8. The molecule has 60 heavy (non-hydrogen) atoms.